The van der Waals surface area contributed by atoms with Crippen LogP contribution < -0.4 is 0 Å². The van der Waals surface area contributed by atoms with E-state index in [-0.39, 0.29) is 5.82 Å². The zero-order valence-electron chi connectivity index (χ0n) is 13.7. The van der Waals surface area contributed by atoms with E-state index in [0.717, 1.165) is 18.4 Å². The summed E-state index contributed by atoms with van der Waals surface area (Å²) in [6.45, 7) is 3.92. The first-order valence-corrected chi connectivity index (χ1v) is 8.02. The van der Waals surface area contributed by atoms with Gasteiger partial charge in [0.2, 0.25) is 0 Å². The largest absolute Gasteiger partial charge is 0.207 e. The second-order valence-electron chi connectivity index (χ2n) is 5.54. The van der Waals surface area contributed by atoms with Crippen molar-refractivity contribution in [1.29, 1.82) is 0 Å². The molecular weight excluding hydrogens is 283 g/mol. The van der Waals surface area contributed by atoms with Crippen molar-refractivity contribution in [2.24, 2.45) is 0 Å². The molecule has 2 rings (SSSR count). The van der Waals surface area contributed by atoms with Crippen molar-refractivity contribution in [2.75, 3.05) is 0 Å². The summed E-state index contributed by atoms with van der Waals surface area (Å²) in [6.07, 6.45) is 4.11. The number of unbranched alkanes of at least 4 members (excludes halogenated alkanes) is 2. The Morgan fingerprint density at radius 3 is 2.30 bits per heavy atom. The standard InChI is InChI=1S/C22H21F/c1-3-4-5-6-7-8-19-11-13-20(14-12-19)15-16-21-10-9-18(2)22(23)17-21/h9-14,17H,3-5,8H2,1-2H3. The van der Waals surface area contributed by atoms with Crippen LogP contribution in [-0.2, 0) is 6.42 Å². The average Bonchev–Trinajstić information content (AvgIpc) is 2.57. The third-order valence-electron chi connectivity index (χ3n) is 3.55. The van der Waals surface area contributed by atoms with Crippen molar-refractivity contribution in [3.05, 3.63) is 70.5 Å². The lowest BCUT2D eigenvalue weighted by Gasteiger charge is -1.97. The highest BCUT2D eigenvalue weighted by Crippen LogP contribution is 2.09. The van der Waals surface area contributed by atoms with Gasteiger partial charge in [-0.3, -0.25) is 0 Å². The smallest absolute Gasteiger partial charge is 0.127 e. The van der Waals surface area contributed by atoms with Gasteiger partial charge in [-0.1, -0.05) is 49.3 Å². The Kier molecular flexibility index (Phi) is 6.46. The van der Waals surface area contributed by atoms with E-state index in [0.29, 0.717) is 11.1 Å². The topological polar surface area (TPSA) is 0 Å². The molecule has 0 radical (unpaired) electrons. The van der Waals surface area contributed by atoms with Gasteiger partial charge in [0, 0.05) is 24.0 Å². The van der Waals surface area contributed by atoms with E-state index in [9.17, 15) is 4.39 Å². The van der Waals surface area contributed by atoms with E-state index >= 15 is 0 Å². The fraction of sp³-hybridized carbons (Fsp3) is 0.273. The molecule has 0 saturated carbocycles. The first kappa shape index (κ1) is 16.9. The second-order valence-corrected chi connectivity index (χ2v) is 5.54. The van der Waals surface area contributed by atoms with Crippen molar-refractivity contribution in [1.82, 2.24) is 0 Å². The summed E-state index contributed by atoms with van der Waals surface area (Å²) >= 11 is 0. The molecule has 0 atom stereocenters. The van der Waals surface area contributed by atoms with Crippen LogP contribution in [0.3, 0.4) is 0 Å². The van der Waals surface area contributed by atoms with Crippen LogP contribution in [0.25, 0.3) is 0 Å². The van der Waals surface area contributed by atoms with Gasteiger partial charge in [-0.15, -0.1) is 5.92 Å². The molecule has 0 bridgehead atoms. The summed E-state index contributed by atoms with van der Waals surface area (Å²) in [7, 11) is 0. The molecule has 0 aliphatic carbocycles. The fourth-order valence-electron chi connectivity index (χ4n) is 2.04. The molecule has 0 unspecified atom stereocenters. The second kappa shape index (κ2) is 8.82. The van der Waals surface area contributed by atoms with Crippen LogP contribution in [0.5, 0.6) is 0 Å². The lowest BCUT2D eigenvalue weighted by Crippen LogP contribution is -1.84. The average molecular weight is 304 g/mol. The molecule has 23 heavy (non-hydrogen) atoms. The van der Waals surface area contributed by atoms with Gasteiger partial charge >= 0.3 is 0 Å². The van der Waals surface area contributed by atoms with E-state index in [1.165, 1.54) is 24.5 Å². The van der Waals surface area contributed by atoms with Gasteiger partial charge in [0.15, 0.2) is 0 Å². The van der Waals surface area contributed by atoms with Crippen LogP contribution in [0.15, 0.2) is 42.5 Å². The highest BCUT2D eigenvalue weighted by atomic mass is 19.1. The Morgan fingerprint density at radius 1 is 0.913 bits per heavy atom. The maximum Gasteiger partial charge on any atom is 0.127 e. The Morgan fingerprint density at radius 2 is 1.61 bits per heavy atom. The number of halogens is 1. The van der Waals surface area contributed by atoms with Crippen LogP contribution in [0.1, 0.15) is 48.4 Å². The summed E-state index contributed by atoms with van der Waals surface area (Å²) in [5.74, 6) is 12.2. The van der Waals surface area contributed by atoms with Crippen LogP contribution in [0, 0.1) is 36.4 Å². The van der Waals surface area contributed by atoms with Crippen molar-refractivity contribution in [3.8, 4) is 23.7 Å². The van der Waals surface area contributed by atoms with Gasteiger partial charge in [0.1, 0.15) is 5.82 Å². The molecule has 0 spiro atoms. The maximum absolute atomic E-state index is 13.5. The van der Waals surface area contributed by atoms with Gasteiger partial charge < -0.3 is 0 Å². The summed E-state index contributed by atoms with van der Waals surface area (Å²) < 4.78 is 13.5. The minimum Gasteiger partial charge on any atom is -0.207 e. The third-order valence-corrected chi connectivity index (χ3v) is 3.55. The number of hydrogen-bond donors (Lipinski definition) is 0. The molecule has 0 fully saturated rings. The van der Waals surface area contributed by atoms with Gasteiger partial charge in [0.05, 0.1) is 0 Å². The molecule has 0 saturated heterocycles. The SMILES string of the molecule is CCCCC#CCc1ccc(C#Cc2ccc(C)c(F)c2)cc1. The minimum atomic E-state index is -0.214. The van der Waals surface area contributed by atoms with Crippen LogP contribution >= 0.6 is 0 Å². The maximum atomic E-state index is 13.5. The van der Waals surface area contributed by atoms with Gasteiger partial charge in [-0.05, 0) is 48.7 Å². The lowest BCUT2D eigenvalue weighted by molar-refractivity contribution is 0.618. The van der Waals surface area contributed by atoms with E-state index in [1.807, 2.05) is 30.3 Å². The predicted octanol–water partition coefficient (Wildman–Crippen LogP) is 5.27. The predicted molar refractivity (Wildman–Crippen MR) is 94.6 cm³/mol. The zero-order valence-corrected chi connectivity index (χ0v) is 13.7. The van der Waals surface area contributed by atoms with Gasteiger partial charge in [-0.2, -0.15) is 0 Å². The molecule has 0 amide bonds. The molecule has 0 aromatic heterocycles. The molecule has 0 heterocycles. The molecule has 0 N–H and O–H groups in total. The molecular formula is C22H21F. The van der Waals surface area contributed by atoms with Crippen LogP contribution in [-0.4, -0.2) is 0 Å². The van der Waals surface area contributed by atoms with Crippen molar-refractivity contribution >= 4 is 0 Å². The molecule has 116 valence electrons. The summed E-state index contributed by atoms with van der Waals surface area (Å²) in [6, 6.07) is 13.1. The normalized spacial score (nSPS) is 9.52. The molecule has 2 aromatic rings. The minimum absolute atomic E-state index is 0.214. The highest BCUT2D eigenvalue weighted by molar-refractivity contribution is 5.44. The molecule has 0 aliphatic rings. The third kappa shape index (κ3) is 5.65. The Hall–Kier alpha value is -2.51. The van der Waals surface area contributed by atoms with Gasteiger partial charge in [0.25, 0.3) is 0 Å². The first-order chi connectivity index (χ1) is 11.2. The first-order valence-electron chi connectivity index (χ1n) is 8.02. The van der Waals surface area contributed by atoms with Crippen LogP contribution in [0.4, 0.5) is 4.39 Å². The highest BCUT2D eigenvalue weighted by Gasteiger charge is 1.96. The Bertz CT molecular complexity index is 762. The number of hydrogen-bond acceptors (Lipinski definition) is 0. The summed E-state index contributed by atoms with van der Waals surface area (Å²) in [4.78, 5) is 0. The lowest BCUT2D eigenvalue weighted by atomic mass is 10.1. The van der Waals surface area contributed by atoms with E-state index < -0.39 is 0 Å². The summed E-state index contributed by atoms with van der Waals surface area (Å²) in [5.41, 5.74) is 3.45. The molecule has 0 nitrogen and oxygen atoms in total. The zero-order chi connectivity index (χ0) is 16.5. The molecule has 1 heteroatoms. The van der Waals surface area contributed by atoms with E-state index in [2.05, 4.69) is 30.6 Å². The number of rotatable bonds is 3. The number of benzene rings is 2. The molecule has 0 aliphatic heterocycles. The van der Waals surface area contributed by atoms with Gasteiger partial charge in [-0.25, -0.2) is 4.39 Å². The Balaban J connectivity index is 1.98. The fourth-order valence-corrected chi connectivity index (χ4v) is 2.04. The van der Waals surface area contributed by atoms with Crippen molar-refractivity contribution in [3.63, 3.8) is 0 Å². The quantitative estimate of drug-likeness (QED) is 0.535. The van der Waals surface area contributed by atoms with Crippen LogP contribution in [0.2, 0.25) is 0 Å². The number of aryl methyl sites for hydroxylation is 1. The van der Waals surface area contributed by atoms with E-state index in [4.69, 9.17) is 0 Å². The van der Waals surface area contributed by atoms with E-state index in [1.54, 1.807) is 13.0 Å². The van der Waals surface area contributed by atoms with Crippen molar-refractivity contribution < 1.29 is 4.39 Å². The molecule has 2 aromatic carbocycles. The Labute approximate surface area is 138 Å². The summed E-state index contributed by atoms with van der Waals surface area (Å²) in [5, 5.41) is 0. The van der Waals surface area contributed by atoms with Crippen molar-refractivity contribution in [2.45, 2.75) is 39.5 Å². The monoisotopic (exact) mass is 304 g/mol.